The van der Waals surface area contributed by atoms with Gasteiger partial charge in [-0.15, -0.1) is 11.8 Å². The average Bonchev–Trinajstić information content (AvgIpc) is 2.57. The molecule has 2 aromatic carbocycles. The third kappa shape index (κ3) is 6.48. The van der Waals surface area contributed by atoms with Crippen LogP contribution in [0.3, 0.4) is 0 Å². The van der Waals surface area contributed by atoms with Crippen molar-refractivity contribution < 1.29 is 22.8 Å². The Bertz CT molecular complexity index is 844. The highest BCUT2D eigenvalue weighted by Crippen LogP contribution is 2.34. The lowest BCUT2D eigenvalue weighted by Gasteiger charge is -2.13. The Labute approximate surface area is 163 Å². The van der Waals surface area contributed by atoms with Crippen molar-refractivity contribution in [3.63, 3.8) is 0 Å². The Morgan fingerprint density at radius 2 is 1.59 bits per heavy atom. The zero-order valence-electron chi connectivity index (χ0n) is 14.2. The number of hydrogen-bond acceptors (Lipinski definition) is 3. The molecule has 0 aliphatic carbocycles. The monoisotopic (exact) mass is 416 g/mol. The number of hydrogen-bond donors (Lipinski definition) is 2. The van der Waals surface area contributed by atoms with Crippen molar-refractivity contribution in [1.29, 1.82) is 0 Å². The zero-order chi connectivity index (χ0) is 20.0. The quantitative estimate of drug-likeness (QED) is 0.698. The zero-order valence-corrected chi connectivity index (χ0v) is 15.8. The van der Waals surface area contributed by atoms with E-state index >= 15 is 0 Å². The summed E-state index contributed by atoms with van der Waals surface area (Å²) < 4.78 is 38.7. The van der Waals surface area contributed by atoms with Gasteiger partial charge in [-0.25, -0.2) is 0 Å². The van der Waals surface area contributed by atoms with Crippen LogP contribution in [0.4, 0.5) is 24.5 Å². The standard InChI is InChI=1S/C18H16ClF3N2O2S/c1-11-8-12(19)6-7-14(11)23-16(25)9-27-10-17(26)24-15-5-3-2-4-13(15)18(20,21)22/h2-8H,9-10H2,1H3,(H,23,25)(H,24,26). The molecule has 4 nitrogen and oxygen atoms in total. The molecule has 144 valence electrons. The molecule has 0 radical (unpaired) electrons. The van der Waals surface area contributed by atoms with Crippen molar-refractivity contribution in [2.75, 3.05) is 22.1 Å². The van der Waals surface area contributed by atoms with Crippen LogP contribution in [-0.4, -0.2) is 23.3 Å². The molecule has 0 unspecified atom stereocenters. The number of benzene rings is 2. The summed E-state index contributed by atoms with van der Waals surface area (Å²) in [6, 6.07) is 9.74. The fourth-order valence-corrected chi connectivity index (χ4v) is 3.06. The van der Waals surface area contributed by atoms with Crippen LogP contribution in [0.1, 0.15) is 11.1 Å². The smallest absolute Gasteiger partial charge is 0.325 e. The van der Waals surface area contributed by atoms with Gasteiger partial charge in [0.1, 0.15) is 0 Å². The van der Waals surface area contributed by atoms with E-state index < -0.39 is 17.6 Å². The number of para-hydroxylation sites is 1. The van der Waals surface area contributed by atoms with E-state index in [9.17, 15) is 22.8 Å². The average molecular weight is 417 g/mol. The maximum absolute atomic E-state index is 12.9. The fourth-order valence-electron chi connectivity index (χ4n) is 2.22. The predicted molar refractivity (Wildman–Crippen MR) is 102 cm³/mol. The van der Waals surface area contributed by atoms with Crippen molar-refractivity contribution >= 4 is 46.6 Å². The summed E-state index contributed by atoms with van der Waals surface area (Å²) in [5, 5.41) is 5.47. The molecule has 0 atom stereocenters. The summed E-state index contributed by atoms with van der Waals surface area (Å²) in [6.07, 6.45) is -4.56. The number of aryl methyl sites for hydroxylation is 1. The van der Waals surface area contributed by atoms with E-state index in [0.717, 1.165) is 23.4 Å². The maximum atomic E-state index is 12.9. The van der Waals surface area contributed by atoms with Crippen molar-refractivity contribution in [3.8, 4) is 0 Å². The number of anilines is 2. The van der Waals surface area contributed by atoms with Crippen LogP contribution in [0.25, 0.3) is 0 Å². The van der Waals surface area contributed by atoms with Crippen LogP contribution in [-0.2, 0) is 15.8 Å². The van der Waals surface area contributed by atoms with E-state index in [1.165, 1.54) is 18.2 Å². The fraction of sp³-hybridized carbons (Fsp3) is 0.222. The summed E-state index contributed by atoms with van der Waals surface area (Å²) in [7, 11) is 0. The lowest BCUT2D eigenvalue weighted by molar-refractivity contribution is -0.137. The van der Waals surface area contributed by atoms with E-state index in [2.05, 4.69) is 10.6 Å². The molecule has 2 rings (SSSR count). The SMILES string of the molecule is Cc1cc(Cl)ccc1NC(=O)CSCC(=O)Nc1ccccc1C(F)(F)F. The molecule has 2 aromatic rings. The number of carbonyl (C=O) groups is 2. The van der Waals surface area contributed by atoms with E-state index in [-0.39, 0.29) is 23.1 Å². The van der Waals surface area contributed by atoms with Gasteiger partial charge in [0.15, 0.2) is 0 Å². The molecule has 0 aromatic heterocycles. The molecule has 0 heterocycles. The predicted octanol–water partition coefficient (Wildman–Crippen LogP) is 4.98. The lowest BCUT2D eigenvalue weighted by atomic mass is 10.1. The molecule has 0 saturated carbocycles. The topological polar surface area (TPSA) is 58.2 Å². The first-order chi connectivity index (χ1) is 12.7. The molecule has 0 fully saturated rings. The molecule has 2 N–H and O–H groups in total. The van der Waals surface area contributed by atoms with Gasteiger partial charge in [-0.05, 0) is 42.8 Å². The van der Waals surface area contributed by atoms with Gasteiger partial charge >= 0.3 is 6.18 Å². The van der Waals surface area contributed by atoms with Crippen molar-refractivity contribution in [2.24, 2.45) is 0 Å². The van der Waals surface area contributed by atoms with E-state index in [1.807, 2.05) is 0 Å². The van der Waals surface area contributed by atoms with Gasteiger partial charge in [-0.3, -0.25) is 9.59 Å². The molecule has 0 saturated heterocycles. The maximum Gasteiger partial charge on any atom is 0.418 e. The van der Waals surface area contributed by atoms with Crippen LogP contribution < -0.4 is 10.6 Å². The van der Waals surface area contributed by atoms with Crippen molar-refractivity contribution in [2.45, 2.75) is 13.1 Å². The van der Waals surface area contributed by atoms with Crippen LogP contribution >= 0.6 is 23.4 Å². The molecule has 9 heteroatoms. The largest absolute Gasteiger partial charge is 0.418 e. The molecule has 27 heavy (non-hydrogen) atoms. The van der Waals surface area contributed by atoms with Crippen molar-refractivity contribution in [1.82, 2.24) is 0 Å². The second kappa shape index (κ2) is 9.14. The number of thioether (sulfide) groups is 1. The highest BCUT2D eigenvalue weighted by molar-refractivity contribution is 8.00. The number of rotatable bonds is 6. The molecule has 0 aliphatic heterocycles. The number of nitrogens with one attached hydrogen (secondary N) is 2. The molecule has 2 amide bonds. The van der Waals surface area contributed by atoms with Gasteiger partial charge in [0, 0.05) is 10.7 Å². The first kappa shape index (κ1) is 21.1. The third-order valence-electron chi connectivity index (χ3n) is 3.44. The Balaban J connectivity index is 1.84. The Morgan fingerprint density at radius 1 is 1.00 bits per heavy atom. The number of amides is 2. The normalized spacial score (nSPS) is 11.1. The molecular formula is C18H16ClF3N2O2S. The molecular weight excluding hydrogens is 401 g/mol. The van der Waals surface area contributed by atoms with E-state index in [4.69, 9.17) is 11.6 Å². The first-order valence-corrected chi connectivity index (χ1v) is 9.30. The summed E-state index contributed by atoms with van der Waals surface area (Å²) in [5.41, 5.74) is 0.173. The number of halogens is 4. The van der Waals surface area contributed by atoms with E-state index in [0.29, 0.717) is 10.7 Å². The molecule has 0 aliphatic rings. The Kier molecular flexibility index (Phi) is 7.15. The Hall–Kier alpha value is -2.19. The van der Waals surface area contributed by atoms with Gasteiger partial charge in [-0.2, -0.15) is 13.2 Å². The van der Waals surface area contributed by atoms with Crippen LogP contribution in [0.2, 0.25) is 5.02 Å². The summed E-state index contributed by atoms with van der Waals surface area (Å²) in [5.74, 6) is -1.11. The second-order valence-electron chi connectivity index (χ2n) is 5.59. The Morgan fingerprint density at radius 3 is 2.19 bits per heavy atom. The summed E-state index contributed by atoms with van der Waals surface area (Å²) in [6.45, 7) is 1.79. The number of carbonyl (C=O) groups excluding carboxylic acids is 2. The number of alkyl halides is 3. The summed E-state index contributed by atoms with van der Waals surface area (Å²) in [4.78, 5) is 23.8. The van der Waals surface area contributed by atoms with Gasteiger partial charge < -0.3 is 10.6 Å². The molecule has 0 bridgehead atoms. The van der Waals surface area contributed by atoms with Crippen molar-refractivity contribution in [3.05, 3.63) is 58.6 Å². The minimum absolute atomic E-state index is 0.0175. The lowest BCUT2D eigenvalue weighted by Crippen LogP contribution is -2.20. The minimum Gasteiger partial charge on any atom is -0.325 e. The second-order valence-corrected chi connectivity index (χ2v) is 7.01. The van der Waals surface area contributed by atoms with Crippen LogP contribution in [0, 0.1) is 6.92 Å². The minimum atomic E-state index is -4.56. The van der Waals surface area contributed by atoms with Gasteiger partial charge in [-0.1, -0.05) is 23.7 Å². The van der Waals surface area contributed by atoms with E-state index in [1.54, 1.807) is 25.1 Å². The summed E-state index contributed by atoms with van der Waals surface area (Å²) >= 11 is 6.84. The van der Waals surface area contributed by atoms with Crippen LogP contribution in [0.15, 0.2) is 42.5 Å². The van der Waals surface area contributed by atoms with Crippen LogP contribution in [0.5, 0.6) is 0 Å². The highest BCUT2D eigenvalue weighted by atomic mass is 35.5. The van der Waals surface area contributed by atoms with Gasteiger partial charge in [0.05, 0.1) is 22.8 Å². The molecule has 0 spiro atoms. The third-order valence-corrected chi connectivity index (χ3v) is 4.60. The van der Waals surface area contributed by atoms with Gasteiger partial charge in [0.25, 0.3) is 0 Å². The first-order valence-electron chi connectivity index (χ1n) is 7.76. The van der Waals surface area contributed by atoms with Gasteiger partial charge in [0.2, 0.25) is 11.8 Å². The highest BCUT2D eigenvalue weighted by Gasteiger charge is 2.33.